The van der Waals surface area contributed by atoms with Crippen LogP contribution in [0, 0.1) is 0 Å². The molecule has 1 aromatic rings. The summed E-state index contributed by atoms with van der Waals surface area (Å²) in [4.78, 5) is 11.2. The van der Waals surface area contributed by atoms with Gasteiger partial charge in [0.05, 0.1) is 11.3 Å². The largest absolute Gasteiger partial charge is 0.478 e. The van der Waals surface area contributed by atoms with Gasteiger partial charge in [0, 0.05) is 11.6 Å². The first-order valence-electron chi connectivity index (χ1n) is 7.76. The van der Waals surface area contributed by atoms with Crippen LogP contribution in [0.3, 0.4) is 0 Å². The van der Waals surface area contributed by atoms with Gasteiger partial charge in [-0.15, -0.1) is 0 Å². The molecule has 6 nitrogen and oxygen atoms in total. The second-order valence-electron chi connectivity index (χ2n) is 6.99. The monoisotopic (exact) mass is 340 g/mol. The second-order valence-corrected chi connectivity index (χ2v) is 8.68. The number of nitrogens with one attached hydrogen (secondary N) is 2. The van der Waals surface area contributed by atoms with Crippen LogP contribution in [-0.2, 0) is 10.0 Å². The molecule has 0 spiro atoms. The summed E-state index contributed by atoms with van der Waals surface area (Å²) in [5.41, 5.74) is 0.0202. The lowest BCUT2D eigenvalue weighted by molar-refractivity contribution is 0.0696. The van der Waals surface area contributed by atoms with E-state index in [4.69, 9.17) is 5.11 Å². The number of carbonyl (C=O) groups is 1. The molecule has 1 aromatic carbocycles. The van der Waals surface area contributed by atoms with Gasteiger partial charge in [-0.25, -0.2) is 17.9 Å². The molecule has 1 fully saturated rings. The molecule has 0 aromatic heterocycles. The zero-order valence-electron chi connectivity index (χ0n) is 13.7. The molecule has 0 amide bonds. The number of benzene rings is 1. The Kier molecular flexibility index (Phi) is 5.01. The van der Waals surface area contributed by atoms with Gasteiger partial charge in [0.1, 0.15) is 4.90 Å². The number of hydrogen-bond acceptors (Lipinski definition) is 4. The van der Waals surface area contributed by atoms with Crippen molar-refractivity contribution >= 4 is 21.7 Å². The van der Waals surface area contributed by atoms with Crippen molar-refractivity contribution in [2.75, 3.05) is 5.32 Å². The highest BCUT2D eigenvalue weighted by Crippen LogP contribution is 2.27. The Labute approximate surface area is 137 Å². The lowest BCUT2D eigenvalue weighted by Crippen LogP contribution is -2.34. The molecular formula is C16H24N2O4S. The van der Waals surface area contributed by atoms with Gasteiger partial charge < -0.3 is 10.4 Å². The molecular weight excluding hydrogens is 316 g/mol. The molecule has 0 atom stereocenters. The predicted octanol–water partition coefficient (Wildman–Crippen LogP) is 2.82. The Morgan fingerprint density at radius 1 is 1.22 bits per heavy atom. The maximum absolute atomic E-state index is 12.7. The van der Waals surface area contributed by atoms with Crippen LogP contribution in [0.2, 0.25) is 0 Å². The SMILES string of the molecule is CC(C)(C)Nc1ccc(C(=O)O)cc1S(=O)(=O)NC1CCCC1. The molecule has 3 N–H and O–H groups in total. The van der Waals surface area contributed by atoms with Gasteiger partial charge in [-0.2, -0.15) is 0 Å². The zero-order valence-corrected chi connectivity index (χ0v) is 14.5. The van der Waals surface area contributed by atoms with Gasteiger partial charge in [0.15, 0.2) is 0 Å². The van der Waals surface area contributed by atoms with Gasteiger partial charge >= 0.3 is 5.97 Å². The van der Waals surface area contributed by atoms with Crippen molar-refractivity contribution < 1.29 is 18.3 Å². The first kappa shape index (κ1) is 17.7. The quantitative estimate of drug-likeness (QED) is 0.766. The molecule has 0 unspecified atom stereocenters. The average Bonchev–Trinajstić information content (AvgIpc) is 2.88. The first-order valence-corrected chi connectivity index (χ1v) is 9.25. The van der Waals surface area contributed by atoms with Crippen molar-refractivity contribution in [3.05, 3.63) is 23.8 Å². The number of carboxylic acid groups (broad SMARTS) is 1. The molecule has 128 valence electrons. The minimum Gasteiger partial charge on any atom is -0.478 e. The van der Waals surface area contributed by atoms with E-state index in [1.165, 1.54) is 18.2 Å². The fourth-order valence-corrected chi connectivity index (χ4v) is 4.20. The normalized spacial score (nSPS) is 16.5. The number of anilines is 1. The number of sulfonamides is 1. The Morgan fingerprint density at radius 3 is 2.35 bits per heavy atom. The summed E-state index contributed by atoms with van der Waals surface area (Å²) in [5.74, 6) is -1.15. The molecule has 0 saturated heterocycles. The molecule has 23 heavy (non-hydrogen) atoms. The molecule has 2 rings (SSSR count). The van der Waals surface area contributed by atoms with Crippen LogP contribution in [0.4, 0.5) is 5.69 Å². The van der Waals surface area contributed by atoms with E-state index in [2.05, 4.69) is 10.0 Å². The summed E-state index contributed by atoms with van der Waals surface area (Å²) in [7, 11) is -3.78. The summed E-state index contributed by atoms with van der Waals surface area (Å²) in [6, 6.07) is 4.06. The van der Waals surface area contributed by atoms with Gasteiger partial charge in [-0.3, -0.25) is 0 Å². The van der Waals surface area contributed by atoms with Crippen LogP contribution in [0.15, 0.2) is 23.1 Å². The van der Waals surface area contributed by atoms with E-state index >= 15 is 0 Å². The first-order chi connectivity index (χ1) is 10.6. The minimum atomic E-state index is -3.78. The van der Waals surface area contributed by atoms with Crippen molar-refractivity contribution in [2.45, 2.75) is 62.9 Å². The molecule has 7 heteroatoms. The standard InChI is InChI=1S/C16H24N2O4S/c1-16(2,3)17-13-9-8-11(15(19)20)10-14(13)23(21,22)18-12-6-4-5-7-12/h8-10,12,17-18H,4-7H2,1-3H3,(H,19,20). The van der Waals surface area contributed by atoms with Crippen LogP contribution in [0.1, 0.15) is 56.8 Å². The fraction of sp³-hybridized carbons (Fsp3) is 0.562. The third-order valence-electron chi connectivity index (χ3n) is 3.70. The smallest absolute Gasteiger partial charge is 0.335 e. The van der Waals surface area contributed by atoms with E-state index in [1.54, 1.807) is 0 Å². The summed E-state index contributed by atoms with van der Waals surface area (Å²) in [5, 5.41) is 12.3. The molecule has 1 saturated carbocycles. The van der Waals surface area contributed by atoms with E-state index in [0.717, 1.165) is 25.7 Å². The topological polar surface area (TPSA) is 95.5 Å². The second kappa shape index (κ2) is 6.49. The van der Waals surface area contributed by atoms with Crippen molar-refractivity contribution in [3.8, 4) is 0 Å². The van der Waals surface area contributed by atoms with Crippen LogP contribution in [-0.4, -0.2) is 31.1 Å². The summed E-state index contributed by atoms with van der Waals surface area (Å²) < 4.78 is 28.2. The summed E-state index contributed by atoms with van der Waals surface area (Å²) >= 11 is 0. The third kappa shape index (κ3) is 4.68. The van der Waals surface area contributed by atoms with Crippen LogP contribution >= 0.6 is 0 Å². The van der Waals surface area contributed by atoms with E-state index in [9.17, 15) is 13.2 Å². The Hall–Kier alpha value is -1.60. The maximum Gasteiger partial charge on any atom is 0.335 e. The van der Waals surface area contributed by atoms with Crippen LogP contribution in [0.5, 0.6) is 0 Å². The van der Waals surface area contributed by atoms with Crippen LogP contribution in [0.25, 0.3) is 0 Å². The van der Waals surface area contributed by atoms with Gasteiger partial charge in [-0.05, 0) is 51.8 Å². The number of carboxylic acids is 1. The summed E-state index contributed by atoms with van der Waals surface area (Å²) in [6.07, 6.45) is 3.66. The molecule has 1 aliphatic rings. The zero-order chi connectivity index (χ0) is 17.3. The van der Waals surface area contributed by atoms with E-state index in [1.807, 2.05) is 20.8 Å². The number of hydrogen-bond donors (Lipinski definition) is 3. The van der Waals surface area contributed by atoms with E-state index in [0.29, 0.717) is 5.69 Å². The fourth-order valence-electron chi connectivity index (χ4n) is 2.71. The van der Waals surface area contributed by atoms with Crippen molar-refractivity contribution in [2.24, 2.45) is 0 Å². The predicted molar refractivity (Wildman–Crippen MR) is 89.4 cm³/mol. The van der Waals surface area contributed by atoms with Gasteiger partial charge in [0.25, 0.3) is 0 Å². The van der Waals surface area contributed by atoms with Crippen LogP contribution < -0.4 is 10.0 Å². The Morgan fingerprint density at radius 2 is 1.83 bits per heavy atom. The third-order valence-corrected chi connectivity index (χ3v) is 5.27. The highest BCUT2D eigenvalue weighted by atomic mass is 32.2. The molecule has 0 radical (unpaired) electrons. The Bertz CT molecular complexity index is 687. The number of aromatic carboxylic acids is 1. The molecule has 0 heterocycles. The summed E-state index contributed by atoms with van der Waals surface area (Å²) in [6.45, 7) is 5.75. The molecule has 1 aliphatic carbocycles. The number of rotatable bonds is 5. The molecule has 0 bridgehead atoms. The van der Waals surface area contributed by atoms with Crippen molar-refractivity contribution in [1.82, 2.24) is 4.72 Å². The van der Waals surface area contributed by atoms with Gasteiger partial charge in [-0.1, -0.05) is 12.8 Å². The van der Waals surface area contributed by atoms with Gasteiger partial charge in [0.2, 0.25) is 10.0 Å². The van der Waals surface area contributed by atoms with E-state index < -0.39 is 16.0 Å². The van der Waals surface area contributed by atoms with E-state index in [-0.39, 0.29) is 22.0 Å². The maximum atomic E-state index is 12.7. The highest BCUT2D eigenvalue weighted by Gasteiger charge is 2.27. The Balaban J connectivity index is 2.42. The average molecular weight is 340 g/mol. The minimum absolute atomic E-state index is 0.0146. The lowest BCUT2D eigenvalue weighted by Gasteiger charge is -2.25. The highest BCUT2D eigenvalue weighted by molar-refractivity contribution is 7.89. The lowest BCUT2D eigenvalue weighted by atomic mass is 10.1. The molecule has 0 aliphatic heterocycles. The van der Waals surface area contributed by atoms with Crippen molar-refractivity contribution in [1.29, 1.82) is 0 Å². The van der Waals surface area contributed by atoms with Crippen molar-refractivity contribution in [3.63, 3.8) is 0 Å².